The Morgan fingerprint density at radius 3 is 1.48 bits per heavy atom. The first-order valence-electron chi connectivity index (χ1n) is 14.6. The molecular formula is C40H30O4. The maximum absolute atomic E-state index is 12.5. The molecule has 2 aliphatic carbocycles. The van der Waals surface area contributed by atoms with Crippen LogP contribution in [0.15, 0.2) is 147 Å². The minimum atomic E-state index is -1.00. The number of fused-ring (bicyclic) bond motifs is 6. The molecular weight excluding hydrogens is 544 g/mol. The molecule has 0 aliphatic heterocycles. The summed E-state index contributed by atoms with van der Waals surface area (Å²) in [6.45, 7) is 7.26. The lowest BCUT2D eigenvalue weighted by molar-refractivity contribution is -0.138. The molecule has 0 heterocycles. The molecule has 0 unspecified atom stereocenters. The predicted octanol–water partition coefficient (Wildman–Crippen LogP) is 7.77. The molecule has 0 spiro atoms. The van der Waals surface area contributed by atoms with Gasteiger partial charge in [-0.2, -0.15) is 0 Å². The summed E-state index contributed by atoms with van der Waals surface area (Å²) in [5, 5.41) is 0. The van der Waals surface area contributed by atoms with Crippen molar-refractivity contribution in [2.45, 2.75) is 11.0 Å². The monoisotopic (exact) mass is 574 g/mol. The van der Waals surface area contributed by atoms with E-state index in [1.54, 1.807) is 0 Å². The predicted molar refractivity (Wildman–Crippen MR) is 172 cm³/mol. The molecule has 0 N–H and O–H groups in total. The van der Waals surface area contributed by atoms with Crippen molar-refractivity contribution in [1.29, 1.82) is 0 Å². The Kier molecular flexibility index (Phi) is 6.72. The maximum atomic E-state index is 12.5. The highest BCUT2D eigenvalue weighted by Gasteiger charge is 2.48. The number of esters is 1. The highest BCUT2D eigenvalue weighted by molar-refractivity contribution is 5.91. The second-order valence-electron chi connectivity index (χ2n) is 11.1. The molecule has 0 fully saturated rings. The maximum Gasteiger partial charge on any atom is 0.330 e. The summed E-state index contributed by atoms with van der Waals surface area (Å²) < 4.78 is 12.5. The number of hydrogen-bond acceptors (Lipinski definition) is 4. The van der Waals surface area contributed by atoms with Gasteiger partial charge in [-0.15, -0.1) is 0 Å². The van der Waals surface area contributed by atoms with Crippen molar-refractivity contribution in [2.75, 3.05) is 13.2 Å². The van der Waals surface area contributed by atoms with Crippen LogP contribution in [0, 0.1) is 0 Å². The fourth-order valence-corrected chi connectivity index (χ4v) is 7.09. The molecule has 0 bridgehead atoms. The minimum Gasteiger partial charge on any atom is -0.461 e. The molecule has 7 rings (SSSR count). The average molecular weight is 575 g/mol. The molecule has 5 aromatic carbocycles. The third-order valence-electron chi connectivity index (χ3n) is 9.01. The summed E-state index contributed by atoms with van der Waals surface area (Å²) in [7, 11) is 0. The van der Waals surface area contributed by atoms with Gasteiger partial charge in [-0.1, -0.05) is 134 Å². The Labute approximate surface area is 256 Å². The number of ketones is 1. The molecule has 4 heteroatoms. The van der Waals surface area contributed by atoms with Crippen LogP contribution in [0.3, 0.4) is 0 Å². The van der Waals surface area contributed by atoms with Gasteiger partial charge in [0.1, 0.15) is 18.8 Å². The fourth-order valence-electron chi connectivity index (χ4n) is 7.09. The average Bonchev–Trinajstić information content (AvgIpc) is 3.54. The zero-order chi connectivity index (χ0) is 30.3. The smallest absolute Gasteiger partial charge is 0.330 e. The Hall–Kier alpha value is -5.32. The van der Waals surface area contributed by atoms with Crippen LogP contribution in [0.1, 0.15) is 33.4 Å². The van der Waals surface area contributed by atoms with E-state index in [0.717, 1.165) is 55.6 Å². The number of carbonyl (C=O) groups excluding carboxylic acids is 2. The number of carbonyl (C=O) groups is 2. The summed E-state index contributed by atoms with van der Waals surface area (Å²) in [5.74, 6) is -0.661. The third kappa shape index (κ3) is 3.95. The number of benzene rings is 5. The second kappa shape index (κ2) is 10.7. The highest BCUT2D eigenvalue weighted by atomic mass is 16.5. The quantitative estimate of drug-likeness (QED) is 0.133. The molecule has 0 amide bonds. The van der Waals surface area contributed by atoms with E-state index in [0.29, 0.717) is 0 Å². The van der Waals surface area contributed by atoms with Crippen molar-refractivity contribution < 1.29 is 19.1 Å². The van der Waals surface area contributed by atoms with E-state index in [4.69, 9.17) is 9.47 Å². The van der Waals surface area contributed by atoms with Crippen molar-refractivity contribution in [3.05, 3.63) is 180 Å². The summed E-state index contributed by atoms with van der Waals surface area (Å²) in [5.41, 5.74) is 8.63. The Bertz CT molecular complexity index is 1720. The van der Waals surface area contributed by atoms with Crippen LogP contribution >= 0.6 is 0 Å². The summed E-state index contributed by atoms with van der Waals surface area (Å²) in [6.07, 6.45) is 2.50. The van der Waals surface area contributed by atoms with E-state index in [1.165, 1.54) is 12.2 Å². The molecule has 5 aromatic rings. The van der Waals surface area contributed by atoms with E-state index < -0.39 is 17.0 Å². The van der Waals surface area contributed by atoms with Gasteiger partial charge in [0, 0.05) is 17.2 Å². The first-order chi connectivity index (χ1) is 21.5. The lowest BCUT2D eigenvalue weighted by atomic mass is 9.72. The van der Waals surface area contributed by atoms with Gasteiger partial charge in [0.05, 0.1) is 5.41 Å². The van der Waals surface area contributed by atoms with Crippen LogP contribution in [0.25, 0.3) is 22.3 Å². The van der Waals surface area contributed by atoms with Crippen LogP contribution in [0.2, 0.25) is 0 Å². The standard InChI is InChI=1S/C40H30O4/c1-3-29(41)25-44-40(36-19-11-7-15-32(36)33-16-8-12-20-37(33)40)28-23-21-27(22-24-28)39(26-43-38(42)4-2)34-17-9-5-13-30(34)31-14-6-10-18-35(31)39/h3-24H,1-2,25-26H2. The van der Waals surface area contributed by atoms with Crippen molar-refractivity contribution in [2.24, 2.45) is 0 Å². The molecule has 0 atom stereocenters. The Morgan fingerprint density at radius 1 is 0.568 bits per heavy atom. The van der Waals surface area contributed by atoms with Crippen LogP contribution in [0.4, 0.5) is 0 Å². The van der Waals surface area contributed by atoms with Gasteiger partial charge >= 0.3 is 5.97 Å². The lowest BCUT2D eigenvalue weighted by Gasteiger charge is -2.35. The number of ether oxygens (including phenoxy) is 2. The molecule has 2 aliphatic rings. The molecule has 214 valence electrons. The largest absolute Gasteiger partial charge is 0.461 e. The van der Waals surface area contributed by atoms with Gasteiger partial charge in [0.25, 0.3) is 0 Å². The van der Waals surface area contributed by atoms with E-state index in [-0.39, 0.29) is 19.0 Å². The first-order valence-corrected chi connectivity index (χ1v) is 14.6. The van der Waals surface area contributed by atoms with Crippen molar-refractivity contribution in [1.82, 2.24) is 0 Å². The highest BCUT2D eigenvalue weighted by Crippen LogP contribution is 2.55. The molecule has 0 saturated carbocycles. The number of hydrogen-bond donors (Lipinski definition) is 0. The van der Waals surface area contributed by atoms with Gasteiger partial charge in [0.15, 0.2) is 5.78 Å². The Balaban J connectivity index is 1.43. The molecule has 0 saturated heterocycles. The summed E-state index contributed by atoms with van der Waals surface area (Å²) in [4.78, 5) is 25.0. The summed E-state index contributed by atoms with van der Waals surface area (Å²) >= 11 is 0. The normalized spacial score (nSPS) is 14.5. The van der Waals surface area contributed by atoms with Gasteiger partial charge in [-0.3, -0.25) is 4.79 Å². The fraction of sp³-hybridized carbons (Fsp3) is 0.100. The van der Waals surface area contributed by atoms with Crippen molar-refractivity contribution in [3.8, 4) is 22.3 Å². The van der Waals surface area contributed by atoms with Gasteiger partial charge < -0.3 is 9.47 Å². The van der Waals surface area contributed by atoms with Crippen molar-refractivity contribution >= 4 is 11.8 Å². The van der Waals surface area contributed by atoms with Crippen molar-refractivity contribution in [3.63, 3.8) is 0 Å². The zero-order valence-corrected chi connectivity index (χ0v) is 24.2. The van der Waals surface area contributed by atoms with Gasteiger partial charge in [-0.05, 0) is 50.6 Å². The lowest BCUT2D eigenvalue weighted by Crippen LogP contribution is -2.35. The van der Waals surface area contributed by atoms with Gasteiger partial charge in [0.2, 0.25) is 0 Å². The number of rotatable bonds is 9. The van der Waals surface area contributed by atoms with E-state index in [1.807, 2.05) is 48.5 Å². The van der Waals surface area contributed by atoms with Crippen LogP contribution < -0.4 is 0 Å². The summed E-state index contributed by atoms with van der Waals surface area (Å²) in [6, 6.07) is 41.3. The van der Waals surface area contributed by atoms with Crippen LogP contribution in [0.5, 0.6) is 0 Å². The second-order valence-corrected chi connectivity index (χ2v) is 11.1. The molecule has 0 aromatic heterocycles. The SMILES string of the molecule is C=CC(=O)COC1(c2ccc(C3(COC(=O)C=C)c4ccccc4-c4ccccc43)cc2)c2ccccc2-c2ccccc21. The van der Waals surface area contributed by atoms with E-state index >= 15 is 0 Å². The first kappa shape index (κ1) is 27.5. The molecule has 0 radical (unpaired) electrons. The zero-order valence-electron chi connectivity index (χ0n) is 24.2. The third-order valence-corrected chi connectivity index (χ3v) is 9.01. The Morgan fingerprint density at radius 2 is 1.00 bits per heavy atom. The van der Waals surface area contributed by atoms with Gasteiger partial charge in [-0.25, -0.2) is 4.79 Å². The topological polar surface area (TPSA) is 52.6 Å². The van der Waals surface area contributed by atoms with Crippen LogP contribution in [-0.2, 0) is 30.1 Å². The molecule has 4 nitrogen and oxygen atoms in total. The van der Waals surface area contributed by atoms with E-state index in [2.05, 4.69) is 86.0 Å². The minimum absolute atomic E-state index is 0.115. The van der Waals surface area contributed by atoms with Crippen LogP contribution in [-0.4, -0.2) is 25.0 Å². The van der Waals surface area contributed by atoms with E-state index in [9.17, 15) is 9.59 Å². The molecule has 44 heavy (non-hydrogen) atoms.